The molecule has 3 N–H and O–H groups in total. The van der Waals surface area contributed by atoms with Crippen molar-refractivity contribution >= 4 is 5.91 Å². The Kier molecular flexibility index (Phi) is 4.42. The van der Waals surface area contributed by atoms with Gasteiger partial charge in [0.1, 0.15) is 5.54 Å². The Morgan fingerprint density at radius 1 is 1.50 bits per heavy atom. The quantitative estimate of drug-likeness (QED) is 0.754. The van der Waals surface area contributed by atoms with Crippen molar-refractivity contribution in [2.75, 3.05) is 26.2 Å². The third kappa shape index (κ3) is 3.32. The highest BCUT2D eigenvalue weighted by molar-refractivity contribution is 5.86. The predicted molar refractivity (Wildman–Crippen MR) is 79.4 cm³/mol. The maximum absolute atomic E-state index is 12.1. The molecule has 1 saturated carbocycles. The van der Waals surface area contributed by atoms with E-state index in [1.807, 2.05) is 6.92 Å². The van der Waals surface area contributed by atoms with E-state index in [0.29, 0.717) is 12.5 Å². The molecule has 0 aromatic rings. The van der Waals surface area contributed by atoms with Gasteiger partial charge in [-0.25, -0.2) is 0 Å². The molecule has 2 atom stereocenters. The Bertz CT molecular complexity index is 368. The van der Waals surface area contributed by atoms with Crippen molar-refractivity contribution in [3.05, 3.63) is 0 Å². The van der Waals surface area contributed by atoms with E-state index in [1.165, 1.54) is 0 Å². The first-order chi connectivity index (χ1) is 9.29. The maximum atomic E-state index is 12.1. The average molecular weight is 283 g/mol. The highest BCUT2D eigenvalue weighted by Crippen LogP contribution is 2.40. The van der Waals surface area contributed by atoms with E-state index in [0.717, 1.165) is 32.5 Å². The van der Waals surface area contributed by atoms with E-state index in [-0.39, 0.29) is 17.6 Å². The van der Waals surface area contributed by atoms with Gasteiger partial charge >= 0.3 is 0 Å². The van der Waals surface area contributed by atoms with Gasteiger partial charge in [0.15, 0.2) is 0 Å². The largest absolute Gasteiger partial charge is 0.370 e. The van der Waals surface area contributed by atoms with Crippen molar-refractivity contribution in [1.29, 1.82) is 0 Å². The molecule has 2 unspecified atom stereocenters. The number of nitrogens with one attached hydrogen (secondary N) is 1. The van der Waals surface area contributed by atoms with Crippen LogP contribution >= 0.6 is 0 Å². The van der Waals surface area contributed by atoms with Crippen LogP contribution in [0.3, 0.4) is 0 Å². The lowest BCUT2D eigenvalue weighted by Gasteiger charge is -2.45. The molecule has 5 nitrogen and oxygen atoms in total. The van der Waals surface area contributed by atoms with Crippen LogP contribution in [0.2, 0.25) is 0 Å². The average Bonchev–Trinajstić information content (AvgIpc) is 3.08. The zero-order chi connectivity index (χ0) is 15.0. The molecule has 2 rings (SSSR count). The molecule has 2 fully saturated rings. The van der Waals surface area contributed by atoms with Crippen molar-refractivity contribution in [2.45, 2.75) is 57.8 Å². The lowest BCUT2D eigenvalue weighted by atomic mass is 9.90. The normalized spacial score (nSPS) is 29.9. The Morgan fingerprint density at radius 2 is 2.15 bits per heavy atom. The smallest absolute Gasteiger partial charge is 0.239 e. The fourth-order valence-corrected chi connectivity index (χ4v) is 3.65. The minimum atomic E-state index is -0.568. The van der Waals surface area contributed by atoms with Crippen LogP contribution in [0.1, 0.15) is 40.5 Å². The SMILES string of the molecule is CCNC(CN1CC(C)OC(C)(C)C1)(C(N)=O)C1CC1. The molecule has 5 heteroatoms. The standard InChI is InChI=1S/C15H29N3O2/c1-5-17-15(13(16)19,12-6-7-12)10-18-8-11(2)20-14(3,4)9-18/h11-12,17H,5-10H2,1-4H3,(H2,16,19). The maximum Gasteiger partial charge on any atom is 0.239 e. The van der Waals surface area contributed by atoms with Crippen molar-refractivity contribution in [3.63, 3.8) is 0 Å². The molecule has 0 aromatic heterocycles. The first-order valence-electron chi connectivity index (χ1n) is 7.74. The number of hydrogen-bond donors (Lipinski definition) is 2. The van der Waals surface area contributed by atoms with Gasteiger partial charge in [0.2, 0.25) is 5.91 Å². The summed E-state index contributed by atoms with van der Waals surface area (Å²) in [5.74, 6) is 0.181. The van der Waals surface area contributed by atoms with Gasteiger partial charge in [-0.1, -0.05) is 6.92 Å². The monoisotopic (exact) mass is 283 g/mol. The van der Waals surface area contributed by atoms with E-state index in [2.05, 4.69) is 31.0 Å². The van der Waals surface area contributed by atoms with Gasteiger partial charge in [-0.05, 0) is 46.1 Å². The number of ether oxygens (including phenoxy) is 1. The number of nitrogens with two attached hydrogens (primary N) is 1. The molecular weight excluding hydrogens is 254 g/mol. The van der Waals surface area contributed by atoms with Crippen molar-refractivity contribution < 1.29 is 9.53 Å². The van der Waals surface area contributed by atoms with Gasteiger partial charge in [-0.2, -0.15) is 0 Å². The fourth-order valence-electron chi connectivity index (χ4n) is 3.65. The fraction of sp³-hybridized carbons (Fsp3) is 0.933. The van der Waals surface area contributed by atoms with Gasteiger partial charge < -0.3 is 15.8 Å². The Morgan fingerprint density at radius 3 is 2.60 bits per heavy atom. The van der Waals surface area contributed by atoms with Crippen molar-refractivity contribution in [3.8, 4) is 0 Å². The van der Waals surface area contributed by atoms with Crippen LogP contribution in [0.5, 0.6) is 0 Å². The first kappa shape index (κ1) is 15.7. The summed E-state index contributed by atoms with van der Waals surface area (Å²) in [5, 5.41) is 3.39. The molecule has 0 radical (unpaired) electrons. The van der Waals surface area contributed by atoms with Crippen LogP contribution < -0.4 is 11.1 Å². The Balaban J connectivity index is 2.13. The molecule has 2 aliphatic rings. The van der Waals surface area contributed by atoms with Crippen LogP contribution in [0.25, 0.3) is 0 Å². The summed E-state index contributed by atoms with van der Waals surface area (Å²) in [7, 11) is 0. The van der Waals surface area contributed by atoms with Crippen LogP contribution in [0, 0.1) is 5.92 Å². The van der Waals surface area contributed by atoms with Gasteiger partial charge in [-0.3, -0.25) is 9.69 Å². The second kappa shape index (κ2) is 5.62. The zero-order valence-electron chi connectivity index (χ0n) is 13.2. The zero-order valence-corrected chi connectivity index (χ0v) is 13.2. The molecule has 20 heavy (non-hydrogen) atoms. The third-order valence-electron chi connectivity index (χ3n) is 4.32. The van der Waals surface area contributed by atoms with E-state index < -0.39 is 5.54 Å². The number of hydrogen-bond acceptors (Lipinski definition) is 4. The second-order valence-corrected chi connectivity index (χ2v) is 7.00. The highest BCUT2D eigenvalue weighted by Gasteiger charge is 2.51. The topological polar surface area (TPSA) is 67.6 Å². The molecule has 1 heterocycles. The van der Waals surface area contributed by atoms with Crippen LogP contribution in [0.4, 0.5) is 0 Å². The van der Waals surface area contributed by atoms with E-state index in [9.17, 15) is 4.79 Å². The highest BCUT2D eigenvalue weighted by atomic mass is 16.5. The number of likely N-dealkylation sites (N-methyl/N-ethyl adjacent to an activating group) is 1. The van der Waals surface area contributed by atoms with Gasteiger partial charge in [0, 0.05) is 19.6 Å². The molecule has 0 bridgehead atoms. The summed E-state index contributed by atoms with van der Waals surface area (Å²) in [4.78, 5) is 14.4. The van der Waals surface area contributed by atoms with Crippen LogP contribution in [-0.2, 0) is 9.53 Å². The molecular formula is C15H29N3O2. The summed E-state index contributed by atoms with van der Waals surface area (Å²) in [6.45, 7) is 11.5. The van der Waals surface area contributed by atoms with E-state index in [4.69, 9.17) is 10.5 Å². The Hall–Kier alpha value is -0.650. The van der Waals surface area contributed by atoms with Crippen molar-refractivity contribution in [1.82, 2.24) is 10.2 Å². The minimum Gasteiger partial charge on any atom is -0.370 e. The number of carbonyl (C=O) groups excluding carboxylic acids is 1. The third-order valence-corrected chi connectivity index (χ3v) is 4.32. The summed E-state index contributed by atoms with van der Waals surface area (Å²) in [5.41, 5.74) is 5.02. The summed E-state index contributed by atoms with van der Waals surface area (Å²) in [6.07, 6.45) is 2.38. The first-order valence-corrected chi connectivity index (χ1v) is 7.74. The number of nitrogens with zero attached hydrogens (tertiary/aromatic N) is 1. The number of rotatable bonds is 6. The molecule has 1 aliphatic carbocycles. The number of morpholine rings is 1. The lowest BCUT2D eigenvalue weighted by Crippen LogP contribution is -2.65. The number of carbonyl (C=O) groups is 1. The summed E-state index contributed by atoms with van der Waals surface area (Å²) < 4.78 is 5.94. The van der Waals surface area contributed by atoms with Crippen LogP contribution in [0.15, 0.2) is 0 Å². The van der Waals surface area contributed by atoms with E-state index >= 15 is 0 Å². The Labute approximate surface area is 122 Å². The van der Waals surface area contributed by atoms with E-state index in [1.54, 1.807) is 0 Å². The molecule has 1 saturated heterocycles. The predicted octanol–water partition coefficient (Wildman–Crippen LogP) is 0.729. The molecule has 1 amide bonds. The van der Waals surface area contributed by atoms with Gasteiger partial charge in [0.25, 0.3) is 0 Å². The van der Waals surface area contributed by atoms with Gasteiger partial charge in [-0.15, -0.1) is 0 Å². The van der Waals surface area contributed by atoms with Gasteiger partial charge in [0.05, 0.1) is 11.7 Å². The lowest BCUT2D eigenvalue weighted by molar-refractivity contribution is -0.141. The molecule has 116 valence electrons. The molecule has 0 aromatic carbocycles. The number of amides is 1. The number of primary amides is 1. The second-order valence-electron chi connectivity index (χ2n) is 7.00. The molecule has 1 aliphatic heterocycles. The summed E-state index contributed by atoms with van der Waals surface area (Å²) in [6, 6.07) is 0. The van der Waals surface area contributed by atoms with Crippen molar-refractivity contribution in [2.24, 2.45) is 11.7 Å². The minimum absolute atomic E-state index is 0.170. The van der Waals surface area contributed by atoms with Crippen LogP contribution in [-0.4, -0.2) is 54.2 Å². The molecule has 0 spiro atoms. The summed E-state index contributed by atoms with van der Waals surface area (Å²) >= 11 is 0.